The van der Waals surface area contributed by atoms with Gasteiger partial charge in [0, 0.05) is 6.42 Å². The van der Waals surface area contributed by atoms with Crippen molar-refractivity contribution in [3.63, 3.8) is 0 Å². The number of aliphatic carboxylic acids is 1. The zero-order valence-electron chi connectivity index (χ0n) is 5.57. The maximum Gasteiger partial charge on any atom is 0.362 e. The SMILES string of the molecule is CCC[C@](O)(N=O)C(=O)O. The van der Waals surface area contributed by atoms with Gasteiger partial charge in [-0.05, 0) is 5.18 Å². The Morgan fingerprint density at radius 1 is 1.70 bits per heavy atom. The zero-order chi connectivity index (χ0) is 8.20. The van der Waals surface area contributed by atoms with Crippen molar-refractivity contribution in [1.82, 2.24) is 0 Å². The second kappa shape index (κ2) is 3.26. The Morgan fingerprint density at radius 3 is 2.30 bits per heavy atom. The van der Waals surface area contributed by atoms with Gasteiger partial charge >= 0.3 is 5.97 Å². The van der Waals surface area contributed by atoms with E-state index in [1.54, 1.807) is 6.92 Å². The summed E-state index contributed by atoms with van der Waals surface area (Å²) in [5.41, 5.74) is -2.42. The van der Waals surface area contributed by atoms with Crippen LogP contribution in [0.5, 0.6) is 0 Å². The summed E-state index contributed by atoms with van der Waals surface area (Å²) in [6.45, 7) is 1.65. The highest BCUT2D eigenvalue weighted by atomic mass is 16.4. The van der Waals surface area contributed by atoms with E-state index in [0.717, 1.165) is 0 Å². The third-order valence-corrected chi connectivity index (χ3v) is 1.09. The van der Waals surface area contributed by atoms with E-state index < -0.39 is 11.7 Å². The van der Waals surface area contributed by atoms with E-state index >= 15 is 0 Å². The Labute approximate surface area is 57.6 Å². The highest BCUT2D eigenvalue weighted by Crippen LogP contribution is 2.13. The molecule has 58 valence electrons. The number of carbonyl (C=O) groups is 1. The number of nitroso groups, excluding NO2 is 1. The molecule has 0 heterocycles. The van der Waals surface area contributed by atoms with E-state index in [-0.39, 0.29) is 6.42 Å². The fraction of sp³-hybridized carbons (Fsp3) is 0.800. The first-order valence-corrected chi connectivity index (χ1v) is 2.87. The third-order valence-electron chi connectivity index (χ3n) is 1.09. The van der Waals surface area contributed by atoms with Crippen LogP contribution in [0.4, 0.5) is 0 Å². The van der Waals surface area contributed by atoms with Crippen molar-refractivity contribution in [2.75, 3.05) is 0 Å². The van der Waals surface area contributed by atoms with Crippen LogP contribution >= 0.6 is 0 Å². The summed E-state index contributed by atoms with van der Waals surface area (Å²) >= 11 is 0. The monoisotopic (exact) mass is 147 g/mol. The van der Waals surface area contributed by atoms with E-state index in [0.29, 0.717) is 6.42 Å². The van der Waals surface area contributed by atoms with E-state index in [9.17, 15) is 9.70 Å². The summed E-state index contributed by atoms with van der Waals surface area (Å²) in [6, 6.07) is 0. The molecule has 0 spiro atoms. The summed E-state index contributed by atoms with van der Waals surface area (Å²) in [6.07, 6.45) is 0.250. The molecule has 10 heavy (non-hydrogen) atoms. The summed E-state index contributed by atoms with van der Waals surface area (Å²) in [4.78, 5) is 19.9. The normalized spacial score (nSPS) is 15.8. The van der Waals surface area contributed by atoms with Crippen molar-refractivity contribution < 1.29 is 15.0 Å². The van der Waals surface area contributed by atoms with Crippen molar-refractivity contribution in [2.45, 2.75) is 25.5 Å². The van der Waals surface area contributed by atoms with Crippen molar-refractivity contribution in [1.29, 1.82) is 0 Å². The Kier molecular flexibility index (Phi) is 2.95. The van der Waals surface area contributed by atoms with Gasteiger partial charge in [0.25, 0.3) is 5.72 Å². The topological polar surface area (TPSA) is 87.0 Å². The van der Waals surface area contributed by atoms with Crippen LogP contribution in [0.15, 0.2) is 5.18 Å². The molecule has 0 aromatic carbocycles. The van der Waals surface area contributed by atoms with Crippen LogP contribution in [0.3, 0.4) is 0 Å². The first-order valence-electron chi connectivity index (χ1n) is 2.87. The number of aliphatic hydroxyl groups is 1. The van der Waals surface area contributed by atoms with Crippen molar-refractivity contribution in [3.05, 3.63) is 4.91 Å². The molecular formula is C5H9NO4. The molecule has 0 fully saturated rings. The molecule has 0 aromatic heterocycles. The minimum Gasteiger partial charge on any atom is -0.478 e. The lowest BCUT2D eigenvalue weighted by Crippen LogP contribution is -2.35. The molecule has 0 aromatic rings. The highest BCUT2D eigenvalue weighted by Gasteiger charge is 2.36. The fourth-order valence-corrected chi connectivity index (χ4v) is 0.540. The molecule has 0 radical (unpaired) electrons. The first-order chi connectivity index (χ1) is 4.56. The predicted octanol–water partition coefficient (Wildman–Crippen LogP) is 0.326. The van der Waals surface area contributed by atoms with Gasteiger partial charge in [0.05, 0.1) is 0 Å². The predicted molar refractivity (Wildman–Crippen MR) is 33.3 cm³/mol. The van der Waals surface area contributed by atoms with Gasteiger partial charge in [-0.3, -0.25) is 0 Å². The standard InChI is InChI=1S/C5H9NO4/c1-2-3-5(9,6-10)4(7)8/h9H,2-3H2,1H3,(H,7,8)/t5-/m1/s1. The van der Waals surface area contributed by atoms with Crippen LogP contribution < -0.4 is 0 Å². The number of carboxylic acids is 1. The molecule has 0 saturated carbocycles. The molecule has 0 rings (SSSR count). The summed E-state index contributed by atoms with van der Waals surface area (Å²) in [7, 11) is 0. The number of hydrogen-bond acceptors (Lipinski definition) is 4. The first kappa shape index (κ1) is 9.03. The maximum atomic E-state index is 10.1. The zero-order valence-corrected chi connectivity index (χ0v) is 5.57. The van der Waals surface area contributed by atoms with E-state index in [1.807, 2.05) is 0 Å². The second-order valence-corrected chi connectivity index (χ2v) is 1.96. The van der Waals surface area contributed by atoms with Crippen LogP contribution in [0.2, 0.25) is 0 Å². The maximum absolute atomic E-state index is 10.1. The van der Waals surface area contributed by atoms with Crippen LogP contribution in [0, 0.1) is 4.91 Å². The molecule has 0 aliphatic rings. The average molecular weight is 147 g/mol. The van der Waals surface area contributed by atoms with Gasteiger partial charge < -0.3 is 10.2 Å². The quantitative estimate of drug-likeness (QED) is 0.561. The average Bonchev–Trinajstić information content (AvgIpc) is 1.88. The van der Waals surface area contributed by atoms with Crippen molar-refractivity contribution >= 4 is 5.97 Å². The van der Waals surface area contributed by atoms with Crippen LogP contribution in [0.25, 0.3) is 0 Å². The van der Waals surface area contributed by atoms with E-state index in [4.69, 9.17) is 10.2 Å². The van der Waals surface area contributed by atoms with Crippen LogP contribution in [0.1, 0.15) is 19.8 Å². The molecule has 0 amide bonds. The number of nitrogens with zero attached hydrogens (tertiary/aromatic N) is 1. The van der Waals surface area contributed by atoms with Crippen LogP contribution in [-0.4, -0.2) is 21.9 Å². The Balaban J connectivity index is 4.22. The summed E-state index contributed by atoms with van der Waals surface area (Å²) in [5, 5.41) is 19.2. The second-order valence-electron chi connectivity index (χ2n) is 1.96. The van der Waals surface area contributed by atoms with E-state index in [1.165, 1.54) is 0 Å². The van der Waals surface area contributed by atoms with Gasteiger partial charge in [-0.1, -0.05) is 13.3 Å². The lowest BCUT2D eigenvalue weighted by molar-refractivity contribution is -0.158. The molecule has 1 atom stereocenters. The molecule has 0 aliphatic heterocycles. The van der Waals surface area contributed by atoms with Gasteiger partial charge in [-0.15, -0.1) is 4.91 Å². The molecule has 2 N–H and O–H groups in total. The van der Waals surface area contributed by atoms with E-state index in [2.05, 4.69) is 5.18 Å². The largest absolute Gasteiger partial charge is 0.478 e. The molecule has 0 aliphatic carbocycles. The molecule has 5 nitrogen and oxygen atoms in total. The lowest BCUT2D eigenvalue weighted by atomic mass is 10.1. The minimum atomic E-state index is -2.42. The number of rotatable bonds is 4. The molecule has 0 unspecified atom stereocenters. The number of hydrogen-bond donors (Lipinski definition) is 2. The fourth-order valence-electron chi connectivity index (χ4n) is 0.540. The minimum absolute atomic E-state index is 0.147. The Morgan fingerprint density at radius 2 is 2.20 bits per heavy atom. The van der Waals surface area contributed by atoms with Gasteiger partial charge in [0.15, 0.2) is 0 Å². The van der Waals surface area contributed by atoms with Gasteiger partial charge in [-0.25, -0.2) is 4.79 Å². The molecule has 0 bridgehead atoms. The summed E-state index contributed by atoms with van der Waals surface area (Å²) < 4.78 is 0. The highest BCUT2D eigenvalue weighted by molar-refractivity contribution is 5.76. The Hall–Kier alpha value is -0.970. The Bertz CT molecular complexity index is 147. The van der Waals surface area contributed by atoms with Gasteiger partial charge in [-0.2, -0.15) is 0 Å². The molecule has 0 saturated heterocycles. The third kappa shape index (κ3) is 1.77. The number of carboxylic acid groups (broad SMARTS) is 1. The lowest BCUT2D eigenvalue weighted by Gasteiger charge is -2.11. The van der Waals surface area contributed by atoms with Crippen molar-refractivity contribution in [3.8, 4) is 0 Å². The van der Waals surface area contributed by atoms with Gasteiger partial charge in [0.1, 0.15) is 0 Å². The summed E-state index contributed by atoms with van der Waals surface area (Å²) in [5.74, 6) is -1.59. The van der Waals surface area contributed by atoms with Crippen LogP contribution in [-0.2, 0) is 4.79 Å². The molecule has 5 heteroatoms. The van der Waals surface area contributed by atoms with Gasteiger partial charge in [0.2, 0.25) is 0 Å². The van der Waals surface area contributed by atoms with Crippen molar-refractivity contribution in [2.24, 2.45) is 5.18 Å². The smallest absolute Gasteiger partial charge is 0.362 e. The molecular weight excluding hydrogens is 138 g/mol.